The van der Waals surface area contributed by atoms with Crippen LogP contribution in [-0.2, 0) is 33.2 Å². The van der Waals surface area contributed by atoms with Crippen LogP contribution in [0.3, 0.4) is 0 Å². The van der Waals surface area contributed by atoms with Crippen LogP contribution in [0.2, 0.25) is 0 Å². The van der Waals surface area contributed by atoms with E-state index >= 15 is 0 Å². The summed E-state index contributed by atoms with van der Waals surface area (Å²) in [5.74, 6) is -0.442. The van der Waals surface area contributed by atoms with Crippen LogP contribution in [0.5, 0.6) is 0 Å². The van der Waals surface area contributed by atoms with Crippen molar-refractivity contribution < 1.29 is 33.2 Å². The number of ether oxygens (including phenoxy) is 6. The zero-order valence-corrected chi connectivity index (χ0v) is 17.7. The summed E-state index contributed by atoms with van der Waals surface area (Å²) in [6, 6.07) is 0. The van der Waals surface area contributed by atoms with Gasteiger partial charge in [-0.2, -0.15) is 0 Å². The van der Waals surface area contributed by atoms with Crippen LogP contribution in [0.1, 0.15) is 45.4 Å². The van der Waals surface area contributed by atoms with Crippen molar-refractivity contribution in [3.05, 3.63) is 12.7 Å². The highest BCUT2D eigenvalue weighted by atomic mass is 16.6. The van der Waals surface area contributed by atoms with E-state index in [0.29, 0.717) is 52.9 Å². The topological polar surface area (TPSA) is 72.5 Å². The Balaban J connectivity index is 3.01. The predicted octanol–water partition coefficient (Wildman–Crippen LogP) is 3.16. The van der Waals surface area contributed by atoms with E-state index in [1.807, 2.05) is 0 Å². The highest BCUT2D eigenvalue weighted by molar-refractivity contribution is 5.81. The zero-order chi connectivity index (χ0) is 20.5. The van der Waals surface area contributed by atoms with Crippen molar-refractivity contribution in [3.8, 4) is 0 Å². The second kappa shape index (κ2) is 24.0. The average Bonchev–Trinajstić information content (AvgIpc) is 2.71. The number of esters is 1. The summed E-state index contributed by atoms with van der Waals surface area (Å²) in [5.41, 5.74) is 0. The summed E-state index contributed by atoms with van der Waals surface area (Å²) in [5, 5.41) is 0. The van der Waals surface area contributed by atoms with Crippen molar-refractivity contribution in [3.63, 3.8) is 0 Å². The highest BCUT2D eigenvalue weighted by Crippen LogP contribution is 2.02. The molecule has 7 nitrogen and oxygen atoms in total. The summed E-state index contributed by atoms with van der Waals surface area (Å²) in [6.45, 7) is 11.6. The molecule has 0 unspecified atom stereocenters. The normalized spacial score (nSPS) is 10.9. The third kappa shape index (κ3) is 23.0. The SMILES string of the molecule is C=CC(=O)OCCOCCOCCOCCOCCCOCCCCCCC. The summed E-state index contributed by atoms with van der Waals surface area (Å²) < 4.78 is 31.9. The molecule has 0 heterocycles. The summed E-state index contributed by atoms with van der Waals surface area (Å²) in [4.78, 5) is 10.8. The van der Waals surface area contributed by atoms with Crippen LogP contribution in [0.25, 0.3) is 0 Å². The van der Waals surface area contributed by atoms with E-state index in [4.69, 9.17) is 28.4 Å². The molecule has 0 saturated heterocycles. The van der Waals surface area contributed by atoms with Gasteiger partial charge in [0.15, 0.2) is 0 Å². The number of hydrogen-bond acceptors (Lipinski definition) is 7. The van der Waals surface area contributed by atoms with Crippen molar-refractivity contribution in [2.45, 2.75) is 45.4 Å². The number of hydrogen-bond donors (Lipinski definition) is 0. The highest BCUT2D eigenvalue weighted by Gasteiger charge is 1.96. The van der Waals surface area contributed by atoms with Crippen molar-refractivity contribution in [2.24, 2.45) is 0 Å². The molecular weight excluding hydrogens is 364 g/mol. The molecule has 0 N–H and O–H groups in total. The Bertz CT molecular complexity index is 337. The van der Waals surface area contributed by atoms with Gasteiger partial charge in [-0.05, 0) is 12.8 Å². The van der Waals surface area contributed by atoms with Crippen molar-refractivity contribution in [1.82, 2.24) is 0 Å². The summed E-state index contributed by atoms with van der Waals surface area (Å²) in [7, 11) is 0. The molecule has 166 valence electrons. The first kappa shape index (κ1) is 27.0. The van der Waals surface area contributed by atoms with Crippen LogP contribution in [-0.4, -0.2) is 78.6 Å². The molecule has 0 aromatic rings. The van der Waals surface area contributed by atoms with Gasteiger partial charge in [0.25, 0.3) is 0 Å². The maximum atomic E-state index is 10.8. The van der Waals surface area contributed by atoms with Crippen molar-refractivity contribution >= 4 is 5.97 Å². The van der Waals surface area contributed by atoms with E-state index in [2.05, 4.69) is 13.5 Å². The fourth-order valence-electron chi connectivity index (χ4n) is 2.19. The largest absolute Gasteiger partial charge is 0.460 e. The third-order valence-electron chi connectivity index (χ3n) is 3.72. The Hall–Kier alpha value is -0.990. The Morgan fingerprint density at radius 3 is 1.57 bits per heavy atom. The predicted molar refractivity (Wildman–Crippen MR) is 109 cm³/mol. The smallest absolute Gasteiger partial charge is 0.330 e. The van der Waals surface area contributed by atoms with E-state index in [0.717, 1.165) is 32.1 Å². The standard InChI is InChI=1S/C21H40O7/c1-3-5-6-7-8-10-23-11-9-12-24-13-14-25-15-16-26-17-18-27-19-20-28-21(22)4-2/h4H,2-3,5-20H2,1H3. The fourth-order valence-corrected chi connectivity index (χ4v) is 2.19. The molecule has 7 heteroatoms. The lowest BCUT2D eigenvalue weighted by Gasteiger charge is -2.08. The molecule has 0 aliphatic heterocycles. The summed E-state index contributed by atoms with van der Waals surface area (Å²) >= 11 is 0. The summed E-state index contributed by atoms with van der Waals surface area (Å²) in [6.07, 6.45) is 8.40. The van der Waals surface area contributed by atoms with Gasteiger partial charge in [0.2, 0.25) is 0 Å². The molecule has 0 rings (SSSR count). The first-order valence-corrected chi connectivity index (χ1v) is 10.5. The average molecular weight is 405 g/mol. The van der Waals surface area contributed by atoms with E-state index in [1.165, 1.54) is 25.7 Å². The van der Waals surface area contributed by atoms with Gasteiger partial charge in [-0.3, -0.25) is 0 Å². The molecule has 0 aliphatic rings. The van der Waals surface area contributed by atoms with E-state index < -0.39 is 5.97 Å². The monoisotopic (exact) mass is 404 g/mol. The first-order valence-electron chi connectivity index (χ1n) is 10.5. The Labute approximate surface area is 170 Å². The number of carbonyl (C=O) groups is 1. The van der Waals surface area contributed by atoms with Gasteiger partial charge < -0.3 is 28.4 Å². The lowest BCUT2D eigenvalue weighted by Crippen LogP contribution is -2.14. The molecule has 0 bridgehead atoms. The van der Waals surface area contributed by atoms with Gasteiger partial charge in [-0.25, -0.2) is 4.79 Å². The first-order chi connectivity index (χ1) is 13.8. The molecule has 0 spiro atoms. The minimum Gasteiger partial charge on any atom is -0.460 e. The van der Waals surface area contributed by atoms with Crippen molar-refractivity contribution in [2.75, 3.05) is 72.7 Å². The Morgan fingerprint density at radius 2 is 1.04 bits per heavy atom. The number of rotatable bonds is 23. The van der Waals surface area contributed by atoms with Crippen molar-refractivity contribution in [1.29, 1.82) is 0 Å². The molecule has 0 aromatic heterocycles. The lowest BCUT2D eigenvalue weighted by molar-refractivity contribution is -0.139. The van der Waals surface area contributed by atoms with E-state index in [9.17, 15) is 4.79 Å². The van der Waals surface area contributed by atoms with Crippen LogP contribution in [0.15, 0.2) is 12.7 Å². The quantitative estimate of drug-likeness (QED) is 0.147. The fraction of sp³-hybridized carbons (Fsp3) is 0.857. The Kier molecular flexibility index (Phi) is 23.2. The molecule has 0 saturated carbocycles. The molecule has 0 radical (unpaired) electrons. The molecule has 0 aromatic carbocycles. The maximum absolute atomic E-state index is 10.8. The number of carbonyl (C=O) groups excluding carboxylic acids is 1. The Morgan fingerprint density at radius 1 is 0.607 bits per heavy atom. The number of unbranched alkanes of at least 4 members (excludes halogenated alkanes) is 4. The van der Waals surface area contributed by atoms with Gasteiger partial charge in [0.05, 0.1) is 46.2 Å². The third-order valence-corrected chi connectivity index (χ3v) is 3.72. The maximum Gasteiger partial charge on any atom is 0.330 e. The second-order valence-electron chi connectivity index (χ2n) is 6.20. The zero-order valence-electron chi connectivity index (χ0n) is 17.7. The molecular formula is C21H40O7. The molecule has 28 heavy (non-hydrogen) atoms. The van der Waals surface area contributed by atoms with Crippen LogP contribution in [0, 0.1) is 0 Å². The van der Waals surface area contributed by atoms with E-state index in [-0.39, 0.29) is 6.61 Å². The van der Waals surface area contributed by atoms with Crippen LogP contribution in [0.4, 0.5) is 0 Å². The second-order valence-corrected chi connectivity index (χ2v) is 6.20. The molecule has 0 fully saturated rings. The van der Waals surface area contributed by atoms with E-state index in [1.54, 1.807) is 0 Å². The van der Waals surface area contributed by atoms with Gasteiger partial charge in [0.1, 0.15) is 6.61 Å². The van der Waals surface area contributed by atoms with Gasteiger partial charge >= 0.3 is 5.97 Å². The minimum absolute atomic E-state index is 0.221. The minimum atomic E-state index is -0.442. The van der Waals surface area contributed by atoms with Gasteiger partial charge in [0, 0.05) is 25.9 Å². The van der Waals surface area contributed by atoms with Gasteiger partial charge in [-0.15, -0.1) is 0 Å². The molecule has 0 amide bonds. The van der Waals surface area contributed by atoms with Crippen LogP contribution >= 0.6 is 0 Å². The molecule has 0 aliphatic carbocycles. The lowest BCUT2D eigenvalue weighted by atomic mass is 10.2. The molecule has 0 atom stereocenters. The van der Waals surface area contributed by atoms with Crippen LogP contribution < -0.4 is 0 Å². The van der Waals surface area contributed by atoms with Gasteiger partial charge in [-0.1, -0.05) is 39.2 Å².